The zero-order valence-electron chi connectivity index (χ0n) is 9.51. The second-order valence-corrected chi connectivity index (χ2v) is 5.82. The molecule has 17 heavy (non-hydrogen) atoms. The number of hydrogen-bond donors (Lipinski definition) is 2. The fourth-order valence-electron chi connectivity index (χ4n) is 1.34. The van der Waals surface area contributed by atoms with E-state index in [9.17, 15) is 8.42 Å². The highest BCUT2D eigenvalue weighted by molar-refractivity contribution is 7.92. The predicted octanol–water partition coefficient (Wildman–Crippen LogP) is 0.453. The van der Waals surface area contributed by atoms with Crippen LogP contribution in [0, 0.1) is 0 Å². The Morgan fingerprint density at radius 3 is 2.82 bits per heavy atom. The van der Waals surface area contributed by atoms with Crippen LogP contribution in [-0.2, 0) is 16.6 Å². The van der Waals surface area contributed by atoms with Crippen molar-refractivity contribution in [2.75, 3.05) is 11.0 Å². The first kappa shape index (κ1) is 12.1. The summed E-state index contributed by atoms with van der Waals surface area (Å²) in [5, 5.41) is 0. The molecular weight excluding hydrogens is 242 g/mol. The normalized spacial score (nSPS) is 15.6. The maximum Gasteiger partial charge on any atom is 0.230 e. The maximum atomic E-state index is 11.1. The van der Waals surface area contributed by atoms with Gasteiger partial charge in [-0.2, -0.15) is 0 Å². The van der Waals surface area contributed by atoms with Crippen LogP contribution < -0.4 is 15.2 Å². The smallest absolute Gasteiger partial charge is 0.230 e. The average molecular weight is 257 g/mol. The summed E-state index contributed by atoms with van der Waals surface area (Å²) >= 11 is 0. The lowest BCUT2D eigenvalue weighted by atomic mass is 10.2. The van der Waals surface area contributed by atoms with Gasteiger partial charge in [-0.05, 0) is 12.8 Å². The quantitative estimate of drug-likeness (QED) is 0.798. The summed E-state index contributed by atoms with van der Waals surface area (Å²) in [4.78, 5) is 3.97. The minimum Gasteiger partial charge on any atom is -0.490 e. The van der Waals surface area contributed by atoms with Gasteiger partial charge in [-0.1, -0.05) is 0 Å². The van der Waals surface area contributed by atoms with Crippen molar-refractivity contribution in [2.45, 2.75) is 25.5 Å². The zero-order chi connectivity index (χ0) is 12.5. The van der Waals surface area contributed by atoms with Crippen LogP contribution in [0.3, 0.4) is 0 Å². The molecule has 0 atom stereocenters. The largest absolute Gasteiger partial charge is 0.490 e. The van der Waals surface area contributed by atoms with Gasteiger partial charge in [-0.15, -0.1) is 0 Å². The Bertz CT molecular complexity index is 512. The number of pyridine rings is 1. The first-order valence-corrected chi connectivity index (χ1v) is 7.20. The number of nitrogens with one attached hydrogen (secondary N) is 1. The van der Waals surface area contributed by atoms with Crippen molar-refractivity contribution in [3.63, 3.8) is 0 Å². The number of nitrogens with two attached hydrogens (primary N) is 1. The van der Waals surface area contributed by atoms with Gasteiger partial charge >= 0.3 is 0 Å². The molecule has 1 saturated carbocycles. The van der Waals surface area contributed by atoms with Gasteiger partial charge in [0.05, 0.1) is 12.4 Å². The second kappa shape index (κ2) is 4.50. The Balaban J connectivity index is 2.23. The lowest BCUT2D eigenvalue weighted by molar-refractivity contribution is 0.300. The monoisotopic (exact) mass is 257 g/mol. The summed E-state index contributed by atoms with van der Waals surface area (Å²) in [5.41, 5.74) is 6.34. The van der Waals surface area contributed by atoms with Crippen LogP contribution in [0.5, 0.6) is 5.75 Å². The minimum absolute atomic E-state index is 0.230. The van der Waals surface area contributed by atoms with Crippen LogP contribution >= 0.6 is 0 Å². The standard InChI is InChI=1S/C10H15N3O3S/c1-17(14,15)13-10-4-9(16-8-2-3-8)7(5-11)6-12-10/h4,6,8H,2-3,5,11H2,1H3,(H,12,13). The number of anilines is 1. The lowest BCUT2D eigenvalue weighted by Crippen LogP contribution is -2.12. The van der Waals surface area contributed by atoms with E-state index in [4.69, 9.17) is 10.5 Å². The highest BCUT2D eigenvalue weighted by Crippen LogP contribution is 2.30. The molecule has 94 valence electrons. The Morgan fingerprint density at radius 2 is 2.29 bits per heavy atom. The Labute approximate surface area is 100 Å². The van der Waals surface area contributed by atoms with Crippen LogP contribution in [0.4, 0.5) is 5.82 Å². The summed E-state index contributed by atoms with van der Waals surface area (Å²) in [6, 6.07) is 1.57. The summed E-state index contributed by atoms with van der Waals surface area (Å²) in [6.45, 7) is 0.314. The fourth-order valence-corrected chi connectivity index (χ4v) is 1.83. The molecule has 0 spiro atoms. The van der Waals surface area contributed by atoms with Crippen molar-refractivity contribution >= 4 is 15.8 Å². The van der Waals surface area contributed by atoms with Crippen LogP contribution in [0.25, 0.3) is 0 Å². The maximum absolute atomic E-state index is 11.1. The van der Waals surface area contributed by atoms with Crippen molar-refractivity contribution in [3.8, 4) is 5.75 Å². The van der Waals surface area contributed by atoms with Gasteiger partial charge < -0.3 is 10.5 Å². The molecule has 7 heteroatoms. The SMILES string of the molecule is CS(=O)(=O)Nc1cc(OC2CC2)c(CN)cn1. The van der Waals surface area contributed by atoms with E-state index in [0.717, 1.165) is 24.7 Å². The lowest BCUT2D eigenvalue weighted by Gasteiger charge is -2.11. The summed E-state index contributed by atoms with van der Waals surface area (Å²) in [6.07, 6.45) is 4.90. The molecule has 0 radical (unpaired) electrons. The van der Waals surface area contributed by atoms with E-state index in [2.05, 4.69) is 9.71 Å². The van der Waals surface area contributed by atoms with Crippen molar-refractivity contribution in [2.24, 2.45) is 5.73 Å². The minimum atomic E-state index is -3.33. The molecule has 1 heterocycles. The van der Waals surface area contributed by atoms with Gasteiger partial charge in [-0.25, -0.2) is 13.4 Å². The topological polar surface area (TPSA) is 94.3 Å². The highest BCUT2D eigenvalue weighted by atomic mass is 32.2. The van der Waals surface area contributed by atoms with Crippen LogP contribution in [0.15, 0.2) is 12.3 Å². The first-order valence-electron chi connectivity index (χ1n) is 5.31. The fraction of sp³-hybridized carbons (Fsp3) is 0.500. The molecule has 3 N–H and O–H groups in total. The predicted molar refractivity (Wildman–Crippen MR) is 64.2 cm³/mol. The molecule has 0 unspecified atom stereocenters. The number of sulfonamides is 1. The molecule has 0 amide bonds. The van der Waals surface area contributed by atoms with Gasteiger partial charge in [-0.3, -0.25) is 4.72 Å². The van der Waals surface area contributed by atoms with E-state index >= 15 is 0 Å². The Kier molecular flexibility index (Phi) is 3.21. The molecule has 1 aliphatic rings. The molecule has 1 fully saturated rings. The van der Waals surface area contributed by atoms with Crippen molar-refractivity contribution in [1.29, 1.82) is 0 Å². The molecule has 0 bridgehead atoms. The average Bonchev–Trinajstić information content (AvgIpc) is 3.00. The third-order valence-electron chi connectivity index (χ3n) is 2.27. The molecule has 1 aromatic rings. The molecule has 1 aromatic heterocycles. The second-order valence-electron chi connectivity index (χ2n) is 4.07. The van der Waals surface area contributed by atoms with Crippen LogP contribution in [0.2, 0.25) is 0 Å². The number of nitrogens with zero attached hydrogens (tertiary/aromatic N) is 1. The molecule has 6 nitrogen and oxygen atoms in total. The van der Waals surface area contributed by atoms with Gasteiger partial charge in [0.1, 0.15) is 11.6 Å². The highest BCUT2D eigenvalue weighted by Gasteiger charge is 2.24. The summed E-state index contributed by atoms with van der Waals surface area (Å²) in [5.74, 6) is 0.858. The van der Waals surface area contributed by atoms with Gasteiger partial charge in [0, 0.05) is 24.4 Å². The van der Waals surface area contributed by atoms with Crippen molar-refractivity contribution in [1.82, 2.24) is 4.98 Å². The van der Waals surface area contributed by atoms with Gasteiger partial charge in [0.25, 0.3) is 0 Å². The molecular formula is C10H15N3O3S. The molecule has 1 aliphatic carbocycles. The molecule has 0 saturated heterocycles. The van der Waals surface area contributed by atoms with Crippen LogP contribution in [0.1, 0.15) is 18.4 Å². The van der Waals surface area contributed by atoms with E-state index in [1.165, 1.54) is 6.20 Å². The van der Waals surface area contributed by atoms with E-state index in [1.807, 2.05) is 0 Å². The zero-order valence-corrected chi connectivity index (χ0v) is 10.3. The third kappa shape index (κ3) is 3.57. The Morgan fingerprint density at radius 1 is 1.59 bits per heavy atom. The summed E-state index contributed by atoms with van der Waals surface area (Å²) < 4.78 is 30.1. The van der Waals surface area contributed by atoms with Gasteiger partial charge in [0.2, 0.25) is 10.0 Å². The molecule has 2 rings (SSSR count). The van der Waals surface area contributed by atoms with E-state index < -0.39 is 10.0 Å². The Hall–Kier alpha value is -1.34. The molecule has 0 aromatic carbocycles. The third-order valence-corrected chi connectivity index (χ3v) is 2.85. The van der Waals surface area contributed by atoms with E-state index in [-0.39, 0.29) is 11.9 Å². The number of aromatic nitrogens is 1. The van der Waals surface area contributed by atoms with E-state index in [1.54, 1.807) is 6.07 Å². The first-order chi connectivity index (χ1) is 7.98. The number of rotatable bonds is 5. The number of ether oxygens (including phenoxy) is 1. The number of hydrogen-bond acceptors (Lipinski definition) is 5. The van der Waals surface area contributed by atoms with Crippen molar-refractivity contribution < 1.29 is 13.2 Å². The van der Waals surface area contributed by atoms with Crippen molar-refractivity contribution in [3.05, 3.63) is 17.8 Å². The summed E-state index contributed by atoms with van der Waals surface area (Å²) in [7, 11) is -3.33. The molecule has 0 aliphatic heterocycles. The van der Waals surface area contributed by atoms with Gasteiger partial charge in [0.15, 0.2) is 0 Å². The van der Waals surface area contributed by atoms with Crippen LogP contribution in [-0.4, -0.2) is 25.8 Å². The van der Waals surface area contributed by atoms with E-state index in [0.29, 0.717) is 12.3 Å².